The number of nitrogens with zero attached hydrogens (tertiary/aromatic N) is 4. The molecule has 2 heterocycles. The minimum absolute atomic E-state index is 0.145. The van der Waals surface area contributed by atoms with E-state index in [1.54, 1.807) is 0 Å². The first kappa shape index (κ1) is 13.0. The van der Waals surface area contributed by atoms with Crippen molar-refractivity contribution in [2.24, 2.45) is 5.84 Å². The van der Waals surface area contributed by atoms with Gasteiger partial charge < -0.3 is 4.90 Å². The van der Waals surface area contributed by atoms with Crippen LogP contribution in [0.5, 0.6) is 0 Å². The van der Waals surface area contributed by atoms with Crippen molar-refractivity contribution in [2.75, 3.05) is 37.0 Å². The minimum atomic E-state index is 0.145. The first-order valence-electron chi connectivity index (χ1n) is 6.20. The molecule has 0 saturated carbocycles. The van der Waals surface area contributed by atoms with E-state index in [0.717, 1.165) is 31.0 Å². The predicted octanol–water partition coefficient (Wildman–Crippen LogP) is 0.601. The van der Waals surface area contributed by atoms with Crippen LogP contribution in [-0.4, -0.2) is 47.1 Å². The van der Waals surface area contributed by atoms with E-state index in [2.05, 4.69) is 46.1 Å². The second-order valence-electron chi connectivity index (χ2n) is 5.50. The first-order chi connectivity index (χ1) is 8.44. The van der Waals surface area contributed by atoms with E-state index >= 15 is 0 Å². The van der Waals surface area contributed by atoms with Gasteiger partial charge in [0.25, 0.3) is 0 Å². The zero-order chi connectivity index (χ0) is 13.3. The quantitative estimate of drug-likeness (QED) is 0.592. The Hall–Kier alpha value is -1.40. The predicted molar refractivity (Wildman–Crippen MR) is 73.5 cm³/mol. The normalized spacial score (nSPS) is 19.9. The molecule has 1 aliphatic heterocycles. The largest absolute Gasteiger partial charge is 0.353 e. The van der Waals surface area contributed by atoms with Gasteiger partial charge >= 0.3 is 0 Å². The number of piperazine rings is 1. The number of nitrogens with two attached hydrogens (primary N) is 1. The number of likely N-dealkylation sites (N-methyl/N-ethyl adjacent to an activating group) is 1. The molecule has 6 nitrogen and oxygen atoms in total. The van der Waals surface area contributed by atoms with Crippen molar-refractivity contribution in [3.63, 3.8) is 0 Å². The van der Waals surface area contributed by atoms with Gasteiger partial charge in [-0.3, -0.25) is 10.3 Å². The molecule has 6 heteroatoms. The van der Waals surface area contributed by atoms with E-state index in [4.69, 9.17) is 5.84 Å². The average Bonchev–Trinajstić information content (AvgIpc) is 2.33. The third-order valence-corrected chi connectivity index (χ3v) is 3.69. The molecule has 0 aliphatic carbocycles. The van der Waals surface area contributed by atoms with Crippen molar-refractivity contribution in [2.45, 2.75) is 26.3 Å². The molecule has 1 saturated heterocycles. The smallest absolute Gasteiger partial charge is 0.239 e. The van der Waals surface area contributed by atoms with Crippen LogP contribution in [0.15, 0.2) is 6.20 Å². The SMILES string of the molecule is Cc1cnc(NN)nc1N1CCN(C)C(C)(C)C1. The van der Waals surface area contributed by atoms with Crippen LogP contribution in [0.1, 0.15) is 19.4 Å². The van der Waals surface area contributed by atoms with Gasteiger partial charge in [-0.2, -0.15) is 4.98 Å². The Kier molecular flexibility index (Phi) is 3.41. The summed E-state index contributed by atoms with van der Waals surface area (Å²) in [5.74, 6) is 6.81. The van der Waals surface area contributed by atoms with E-state index in [-0.39, 0.29) is 5.54 Å². The zero-order valence-electron chi connectivity index (χ0n) is 11.6. The highest BCUT2D eigenvalue weighted by Crippen LogP contribution is 2.25. The Morgan fingerprint density at radius 1 is 1.39 bits per heavy atom. The summed E-state index contributed by atoms with van der Waals surface area (Å²) in [7, 11) is 2.16. The summed E-state index contributed by atoms with van der Waals surface area (Å²) in [6.07, 6.45) is 1.81. The van der Waals surface area contributed by atoms with Gasteiger partial charge in [0.15, 0.2) is 0 Å². The Bertz CT molecular complexity index is 431. The molecule has 0 amide bonds. The maximum Gasteiger partial charge on any atom is 0.239 e. The lowest BCUT2D eigenvalue weighted by atomic mass is 9.99. The number of aromatic nitrogens is 2. The molecule has 0 unspecified atom stereocenters. The van der Waals surface area contributed by atoms with Crippen LogP contribution >= 0.6 is 0 Å². The maximum atomic E-state index is 5.37. The summed E-state index contributed by atoms with van der Waals surface area (Å²) in [5.41, 5.74) is 3.73. The molecule has 0 spiro atoms. The van der Waals surface area contributed by atoms with E-state index in [9.17, 15) is 0 Å². The standard InChI is InChI=1S/C12H22N6/c1-9-7-14-11(16-13)15-10(9)18-6-5-17(4)12(2,3)8-18/h7H,5-6,8,13H2,1-4H3,(H,14,15,16). The van der Waals surface area contributed by atoms with Gasteiger partial charge in [-0.05, 0) is 27.8 Å². The average molecular weight is 250 g/mol. The van der Waals surface area contributed by atoms with Gasteiger partial charge in [-0.15, -0.1) is 0 Å². The van der Waals surface area contributed by atoms with Gasteiger partial charge in [0.1, 0.15) is 5.82 Å². The topological polar surface area (TPSA) is 70.3 Å². The number of hydrogen-bond donors (Lipinski definition) is 2. The van der Waals surface area contributed by atoms with Gasteiger partial charge in [0, 0.05) is 36.9 Å². The monoisotopic (exact) mass is 250 g/mol. The van der Waals surface area contributed by atoms with Gasteiger partial charge in [-0.1, -0.05) is 0 Å². The number of hydrogen-bond acceptors (Lipinski definition) is 6. The fraction of sp³-hybridized carbons (Fsp3) is 0.667. The number of aryl methyl sites for hydroxylation is 1. The van der Waals surface area contributed by atoms with E-state index in [1.807, 2.05) is 13.1 Å². The van der Waals surface area contributed by atoms with Crippen LogP contribution in [0.4, 0.5) is 11.8 Å². The van der Waals surface area contributed by atoms with Crippen LogP contribution in [0.2, 0.25) is 0 Å². The molecule has 1 aromatic rings. The second kappa shape index (κ2) is 4.70. The van der Waals surface area contributed by atoms with Crippen LogP contribution in [0, 0.1) is 6.92 Å². The molecule has 0 radical (unpaired) electrons. The molecule has 1 fully saturated rings. The molecule has 2 rings (SSSR count). The highest BCUT2D eigenvalue weighted by atomic mass is 15.4. The molecule has 3 N–H and O–H groups in total. The highest BCUT2D eigenvalue weighted by Gasteiger charge is 2.32. The highest BCUT2D eigenvalue weighted by molar-refractivity contribution is 5.49. The summed E-state index contributed by atoms with van der Waals surface area (Å²) < 4.78 is 0. The van der Waals surface area contributed by atoms with E-state index in [0.29, 0.717) is 5.95 Å². The number of nitrogen functional groups attached to an aromatic ring is 1. The van der Waals surface area contributed by atoms with Crippen molar-refractivity contribution in [3.8, 4) is 0 Å². The summed E-state index contributed by atoms with van der Waals surface area (Å²) in [6.45, 7) is 9.48. The Balaban J connectivity index is 2.26. The molecule has 0 bridgehead atoms. The molecule has 100 valence electrons. The van der Waals surface area contributed by atoms with Crippen molar-refractivity contribution >= 4 is 11.8 Å². The molecule has 1 aliphatic rings. The first-order valence-corrected chi connectivity index (χ1v) is 6.20. The Morgan fingerprint density at radius 3 is 2.72 bits per heavy atom. The number of rotatable bonds is 2. The summed E-state index contributed by atoms with van der Waals surface area (Å²) >= 11 is 0. The number of anilines is 2. The number of nitrogens with one attached hydrogen (secondary N) is 1. The second-order valence-corrected chi connectivity index (χ2v) is 5.50. The van der Waals surface area contributed by atoms with Crippen molar-refractivity contribution < 1.29 is 0 Å². The van der Waals surface area contributed by atoms with Crippen molar-refractivity contribution in [1.82, 2.24) is 14.9 Å². The molecular weight excluding hydrogens is 228 g/mol. The van der Waals surface area contributed by atoms with Crippen LogP contribution in [-0.2, 0) is 0 Å². The van der Waals surface area contributed by atoms with Gasteiger partial charge in [0.05, 0.1) is 0 Å². The Morgan fingerprint density at radius 2 is 2.11 bits per heavy atom. The van der Waals surface area contributed by atoms with E-state index < -0.39 is 0 Å². The third-order valence-electron chi connectivity index (χ3n) is 3.69. The number of hydrazine groups is 1. The lowest BCUT2D eigenvalue weighted by Gasteiger charge is -2.46. The zero-order valence-corrected chi connectivity index (χ0v) is 11.6. The molecule has 18 heavy (non-hydrogen) atoms. The minimum Gasteiger partial charge on any atom is -0.353 e. The van der Waals surface area contributed by atoms with Gasteiger partial charge in [-0.25, -0.2) is 10.8 Å². The van der Waals surface area contributed by atoms with Crippen LogP contribution in [0.3, 0.4) is 0 Å². The molecule has 0 atom stereocenters. The molecule has 0 aromatic carbocycles. The summed E-state index contributed by atoms with van der Waals surface area (Å²) in [6, 6.07) is 0. The molecular formula is C12H22N6. The molecule has 1 aromatic heterocycles. The van der Waals surface area contributed by atoms with Gasteiger partial charge in [0.2, 0.25) is 5.95 Å². The fourth-order valence-corrected chi connectivity index (χ4v) is 2.24. The fourth-order valence-electron chi connectivity index (χ4n) is 2.24. The van der Waals surface area contributed by atoms with Crippen molar-refractivity contribution in [3.05, 3.63) is 11.8 Å². The Labute approximate surface area is 108 Å². The van der Waals surface area contributed by atoms with Crippen LogP contribution in [0.25, 0.3) is 0 Å². The lowest BCUT2D eigenvalue weighted by molar-refractivity contribution is 0.138. The maximum absolute atomic E-state index is 5.37. The van der Waals surface area contributed by atoms with E-state index in [1.165, 1.54) is 0 Å². The summed E-state index contributed by atoms with van der Waals surface area (Å²) in [5, 5.41) is 0. The van der Waals surface area contributed by atoms with Crippen LogP contribution < -0.4 is 16.2 Å². The summed E-state index contributed by atoms with van der Waals surface area (Å²) in [4.78, 5) is 13.3. The van der Waals surface area contributed by atoms with Crippen molar-refractivity contribution in [1.29, 1.82) is 0 Å². The third kappa shape index (κ3) is 2.39. The lowest BCUT2D eigenvalue weighted by Crippen LogP contribution is -2.58.